The van der Waals surface area contributed by atoms with Gasteiger partial charge in [-0.1, -0.05) is 28.1 Å². The van der Waals surface area contributed by atoms with Gasteiger partial charge < -0.3 is 0 Å². The maximum Gasteiger partial charge on any atom is 0.204 e. The Bertz CT molecular complexity index is 546. The van der Waals surface area contributed by atoms with Gasteiger partial charge in [-0.3, -0.25) is 4.79 Å². The maximum absolute atomic E-state index is 12.2. The second-order valence-corrected chi connectivity index (χ2v) is 6.40. The molecule has 1 aromatic carbocycles. The van der Waals surface area contributed by atoms with E-state index in [-0.39, 0.29) is 5.78 Å². The van der Waals surface area contributed by atoms with Crippen LogP contribution < -0.4 is 0 Å². The third-order valence-electron chi connectivity index (χ3n) is 2.10. The highest BCUT2D eigenvalue weighted by molar-refractivity contribution is 9.10. The molecule has 2 aromatic rings. The highest BCUT2D eigenvalue weighted by Crippen LogP contribution is 2.29. The number of rotatable bonds is 2. The van der Waals surface area contributed by atoms with Crippen LogP contribution in [0.4, 0.5) is 0 Å². The van der Waals surface area contributed by atoms with E-state index < -0.39 is 0 Å². The minimum absolute atomic E-state index is 0.0614. The lowest BCUT2D eigenvalue weighted by molar-refractivity contribution is 0.104. The molecule has 0 bridgehead atoms. The molecule has 0 amide bonds. The molecular formula is C12H8Br2OS. The zero-order valence-corrected chi connectivity index (χ0v) is 12.4. The topological polar surface area (TPSA) is 17.1 Å². The van der Waals surface area contributed by atoms with Crippen molar-refractivity contribution in [2.24, 2.45) is 0 Å². The van der Waals surface area contributed by atoms with E-state index in [1.807, 2.05) is 37.3 Å². The van der Waals surface area contributed by atoms with E-state index in [0.29, 0.717) is 5.56 Å². The van der Waals surface area contributed by atoms with Crippen molar-refractivity contribution < 1.29 is 4.79 Å². The number of halogens is 2. The molecule has 0 aliphatic carbocycles. The van der Waals surface area contributed by atoms with Crippen LogP contribution in [0.25, 0.3) is 0 Å². The molecule has 0 radical (unpaired) electrons. The zero-order valence-electron chi connectivity index (χ0n) is 8.46. The molecule has 82 valence electrons. The summed E-state index contributed by atoms with van der Waals surface area (Å²) >= 11 is 8.29. The van der Waals surface area contributed by atoms with E-state index in [1.54, 1.807) is 0 Å². The van der Waals surface area contributed by atoms with Crippen LogP contribution in [0.5, 0.6) is 0 Å². The molecule has 0 atom stereocenters. The zero-order chi connectivity index (χ0) is 11.7. The van der Waals surface area contributed by atoms with E-state index in [2.05, 4.69) is 31.9 Å². The van der Waals surface area contributed by atoms with Gasteiger partial charge in [-0.05, 0) is 41.1 Å². The number of aryl methyl sites for hydroxylation is 1. The standard InChI is InChI=1S/C12H8Br2OS/c1-7-5-10(14)12(16-7)11(15)8-3-2-4-9(13)6-8/h2-6H,1H3. The quantitative estimate of drug-likeness (QED) is 0.703. The molecule has 4 heteroatoms. The van der Waals surface area contributed by atoms with Gasteiger partial charge in [-0.25, -0.2) is 0 Å². The predicted molar refractivity (Wildman–Crippen MR) is 74.3 cm³/mol. The summed E-state index contributed by atoms with van der Waals surface area (Å²) in [5, 5.41) is 0. The van der Waals surface area contributed by atoms with Gasteiger partial charge in [0.2, 0.25) is 5.78 Å². The number of benzene rings is 1. The molecule has 1 aromatic heterocycles. The van der Waals surface area contributed by atoms with E-state index in [0.717, 1.165) is 18.7 Å². The van der Waals surface area contributed by atoms with Gasteiger partial charge in [-0.15, -0.1) is 11.3 Å². The van der Waals surface area contributed by atoms with Crippen LogP contribution >= 0.6 is 43.2 Å². The Labute approximate surface area is 115 Å². The first-order valence-corrected chi connectivity index (χ1v) is 7.04. The summed E-state index contributed by atoms with van der Waals surface area (Å²) in [5.41, 5.74) is 0.705. The fourth-order valence-electron chi connectivity index (χ4n) is 1.40. The molecule has 0 saturated carbocycles. The molecule has 0 N–H and O–H groups in total. The van der Waals surface area contributed by atoms with Gasteiger partial charge in [-0.2, -0.15) is 0 Å². The van der Waals surface area contributed by atoms with Crippen LogP contribution in [-0.4, -0.2) is 5.78 Å². The molecule has 0 aliphatic rings. The Morgan fingerprint density at radius 1 is 1.25 bits per heavy atom. The molecule has 0 aliphatic heterocycles. The van der Waals surface area contributed by atoms with Crippen LogP contribution in [0.1, 0.15) is 20.1 Å². The average Bonchev–Trinajstić information content (AvgIpc) is 2.57. The SMILES string of the molecule is Cc1cc(Br)c(C(=O)c2cccc(Br)c2)s1. The van der Waals surface area contributed by atoms with Crippen molar-refractivity contribution in [2.75, 3.05) is 0 Å². The minimum Gasteiger partial charge on any atom is -0.288 e. The largest absolute Gasteiger partial charge is 0.288 e. The third-order valence-corrected chi connectivity index (χ3v) is 4.53. The lowest BCUT2D eigenvalue weighted by Crippen LogP contribution is -1.98. The van der Waals surface area contributed by atoms with Crippen molar-refractivity contribution in [1.82, 2.24) is 0 Å². The fraction of sp³-hybridized carbons (Fsp3) is 0.0833. The predicted octanol–water partition coefficient (Wildman–Crippen LogP) is 4.81. The average molecular weight is 360 g/mol. The van der Waals surface area contributed by atoms with Crippen LogP contribution in [0, 0.1) is 6.92 Å². The van der Waals surface area contributed by atoms with E-state index >= 15 is 0 Å². The Balaban J connectivity index is 2.43. The van der Waals surface area contributed by atoms with Crippen molar-refractivity contribution in [2.45, 2.75) is 6.92 Å². The Kier molecular flexibility index (Phi) is 3.62. The lowest BCUT2D eigenvalue weighted by atomic mass is 10.1. The van der Waals surface area contributed by atoms with Gasteiger partial charge in [0.25, 0.3) is 0 Å². The van der Waals surface area contributed by atoms with Crippen molar-refractivity contribution in [1.29, 1.82) is 0 Å². The summed E-state index contributed by atoms with van der Waals surface area (Å²) in [7, 11) is 0. The Morgan fingerprint density at radius 2 is 2.00 bits per heavy atom. The van der Waals surface area contributed by atoms with Crippen LogP contribution in [0.3, 0.4) is 0 Å². The first kappa shape index (κ1) is 12.0. The number of hydrogen-bond acceptors (Lipinski definition) is 2. The first-order chi connectivity index (χ1) is 7.58. The van der Waals surface area contributed by atoms with Gasteiger partial charge in [0, 0.05) is 19.4 Å². The fourth-order valence-corrected chi connectivity index (χ4v) is 3.58. The van der Waals surface area contributed by atoms with Crippen LogP contribution in [0.2, 0.25) is 0 Å². The smallest absolute Gasteiger partial charge is 0.204 e. The molecule has 16 heavy (non-hydrogen) atoms. The highest BCUT2D eigenvalue weighted by Gasteiger charge is 2.15. The van der Waals surface area contributed by atoms with Gasteiger partial charge >= 0.3 is 0 Å². The van der Waals surface area contributed by atoms with Gasteiger partial charge in [0.15, 0.2) is 0 Å². The second kappa shape index (κ2) is 4.82. The highest BCUT2D eigenvalue weighted by atomic mass is 79.9. The van der Waals surface area contributed by atoms with E-state index in [4.69, 9.17) is 0 Å². The molecule has 0 unspecified atom stereocenters. The molecule has 1 nitrogen and oxygen atoms in total. The minimum atomic E-state index is 0.0614. The van der Waals surface area contributed by atoms with Crippen molar-refractivity contribution in [3.63, 3.8) is 0 Å². The number of hydrogen-bond donors (Lipinski definition) is 0. The van der Waals surface area contributed by atoms with Crippen molar-refractivity contribution >= 4 is 49.0 Å². The Morgan fingerprint density at radius 3 is 2.56 bits per heavy atom. The molecular weight excluding hydrogens is 352 g/mol. The van der Waals surface area contributed by atoms with Crippen LogP contribution in [-0.2, 0) is 0 Å². The number of thiophene rings is 1. The molecule has 0 saturated heterocycles. The summed E-state index contributed by atoms with van der Waals surface area (Å²) in [6, 6.07) is 9.41. The Hall–Kier alpha value is -0.450. The molecule has 0 fully saturated rings. The monoisotopic (exact) mass is 358 g/mol. The third kappa shape index (κ3) is 2.44. The van der Waals surface area contributed by atoms with E-state index in [9.17, 15) is 4.79 Å². The van der Waals surface area contributed by atoms with E-state index in [1.165, 1.54) is 11.3 Å². The van der Waals surface area contributed by atoms with Crippen molar-refractivity contribution in [3.05, 3.63) is 54.6 Å². The van der Waals surface area contributed by atoms with Crippen molar-refractivity contribution in [3.8, 4) is 0 Å². The molecule has 1 heterocycles. The molecule has 2 rings (SSSR count). The first-order valence-electron chi connectivity index (χ1n) is 4.64. The summed E-state index contributed by atoms with van der Waals surface area (Å²) in [5.74, 6) is 0.0614. The van der Waals surface area contributed by atoms with Gasteiger partial charge in [0.05, 0.1) is 4.88 Å². The maximum atomic E-state index is 12.2. The number of carbonyl (C=O) groups excluding carboxylic acids is 1. The normalized spacial score (nSPS) is 10.4. The lowest BCUT2D eigenvalue weighted by Gasteiger charge is -1.99. The second-order valence-electron chi connectivity index (χ2n) is 3.37. The molecule has 0 spiro atoms. The van der Waals surface area contributed by atoms with Crippen LogP contribution in [0.15, 0.2) is 39.3 Å². The summed E-state index contributed by atoms with van der Waals surface area (Å²) in [6.07, 6.45) is 0. The number of ketones is 1. The summed E-state index contributed by atoms with van der Waals surface area (Å²) < 4.78 is 1.79. The summed E-state index contributed by atoms with van der Waals surface area (Å²) in [4.78, 5) is 14.1. The van der Waals surface area contributed by atoms with Gasteiger partial charge in [0.1, 0.15) is 0 Å². The summed E-state index contributed by atoms with van der Waals surface area (Å²) in [6.45, 7) is 1.99. The number of carbonyl (C=O) groups is 1.